The SMILES string of the molecule is CCOC(=O)CCC(COC(C)=O)SC(=S)OCC. The van der Waals surface area contributed by atoms with E-state index in [9.17, 15) is 9.59 Å². The second-order valence-electron chi connectivity index (χ2n) is 3.57. The summed E-state index contributed by atoms with van der Waals surface area (Å²) in [5.74, 6) is -0.623. The zero-order valence-corrected chi connectivity index (χ0v) is 13.1. The molecule has 0 radical (unpaired) electrons. The molecule has 110 valence electrons. The highest BCUT2D eigenvalue weighted by Crippen LogP contribution is 2.20. The lowest BCUT2D eigenvalue weighted by Gasteiger charge is -2.16. The molecule has 19 heavy (non-hydrogen) atoms. The third-order valence-electron chi connectivity index (χ3n) is 1.97. The molecule has 0 aliphatic rings. The van der Waals surface area contributed by atoms with Crippen molar-refractivity contribution in [1.29, 1.82) is 0 Å². The molecule has 0 aliphatic heterocycles. The van der Waals surface area contributed by atoms with Crippen LogP contribution in [0.3, 0.4) is 0 Å². The molecule has 0 saturated carbocycles. The molecule has 0 heterocycles. The third kappa shape index (κ3) is 10.8. The zero-order chi connectivity index (χ0) is 14.7. The predicted octanol–water partition coefficient (Wildman–Crippen LogP) is 2.32. The number of thioether (sulfide) groups is 1. The van der Waals surface area contributed by atoms with Crippen molar-refractivity contribution in [2.75, 3.05) is 19.8 Å². The van der Waals surface area contributed by atoms with Crippen molar-refractivity contribution in [3.63, 3.8) is 0 Å². The quantitative estimate of drug-likeness (QED) is 0.503. The second-order valence-corrected chi connectivity index (χ2v) is 5.47. The van der Waals surface area contributed by atoms with Crippen LogP contribution in [0, 0.1) is 0 Å². The number of esters is 2. The Kier molecular flexibility index (Phi) is 10.6. The van der Waals surface area contributed by atoms with Gasteiger partial charge in [0.2, 0.25) is 4.38 Å². The minimum atomic E-state index is -0.357. The van der Waals surface area contributed by atoms with E-state index in [-0.39, 0.29) is 30.2 Å². The Hall–Kier alpha value is -0.820. The Morgan fingerprint density at radius 2 is 1.79 bits per heavy atom. The average molecular weight is 308 g/mol. The van der Waals surface area contributed by atoms with Gasteiger partial charge in [-0.2, -0.15) is 0 Å². The normalized spacial score (nSPS) is 11.5. The summed E-state index contributed by atoms with van der Waals surface area (Å²) in [5, 5.41) is -0.104. The van der Waals surface area contributed by atoms with Gasteiger partial charge < -0.3 is 14.2 Å². The van der Waals surface area contributed by atoms with Crippen molar-refractivity contribution in [3.05, 3.63) is 0 Å². The molecule has 0 bridgehead atoms. The topological polar surface area (TPSA) is 61.8 Å². The molecule has 1 atom stereocenters. The first-order valence-electron chi connectivity index (χ1n) is 6.11. The van der Waals surface area contributed by atoms with Crippen LogP contribution in [0.4, 0.5) is 0 Å². The van der Waals surface area contributed by atoms with E-state index < -0.39 is 0 Å². The van der Waals surface area contributed by atoms with Crippen LogP contribution in [0.25, 0.3) is 0 Å². The average Bonchev–Trinajstić information content (AvgIpc) is 2.33. The number of thiocarbonyl (C=S) groups is 1. The van der Waals surface area contributed by atoms with Crippen LogP contribution in [0.15, 0.2) is 0 Å². The van der Waals surface area contributed by atoms with E-state index in [1.54, 1.807) is 6.92 Å². The fraction of sp³-hybridized carbons (Fsp3) is 0.750. The summed E-state index contributed by atoms with van der Waals surface area (Å²) in [6.07, 6.45) is 0.783. The van der Waals surface area contributed by atoms with Gasteiger partial charge in [0.05, 0.1) is 13.2 Å². The number of hydrogen-bond donors (Lipinski definition) is 0. The highest BCUT2D eigenvalue weighted by molar-refractivity contribution is 8.23. The fourth-order valence-corrected chi connectivity index (χ4v) is 2.54. The van der Waals surface area contributed by atoms with Crippen molar-refractivity contribution >= 4 is 40.3 Å². The number of hydrogen-bond acceptors (Lipinski definition) is 7. The lowest BCUT2D eigenvalue weighted by Crippen LogP contribution is -2.19. The van der Waals surface area contributed by atoms with E-state index in [0.29, 0.717) is 24.0 Å². The lowest BCUT2D eigenvalue weighted by molar-refractivity contribution is -0.143. The third-order valence-corrected chi connectivity index (χ3v) is 3.40. The molecular weight excluding hydrogens is 288 g/mol. The van der Waals surface area contributed by atoms with Gasteiger partial charge in [-0.3, -0.25) is 9.59 Å². The standard InChI is InChI=1S/C12H20O5S2/c1-4-15-11(14)7-6-10(8-17-9(3)13)19-12(18)16-5-2/h10H,4-8H2,1-3H3. The molecule has 0 rings (SSSR count). The molecule has 0 aliphatic carbocycles. The monoisotopic (exact) mass is 308 g/mol. The van der Waals surface area contributed by atoms with Gasteiger partial charge in [0.15, 0.2) is 0 Å². The number of rotatable bonds is 8. The van der Waals surface area contributed by atoms with E-state index >= 15 is 0 Å². The molecule has 0 N–H and O–H groups in total. The largest absolute Gasteiger partial charge is 0.479 e. The molecule has 0 amide bonds. The van der Waals surface area contributed by atoms with Crippen LogP contribution in [0.1, 0.15) is 33.6 Å². The maximum atomic E-state index is 11.3. The summed E-state index contributed by atoms with van der Waals surface area (Å²) >= 11 is 6.32. The highest BCUT2D eigenvalue weighted by atomic mass is 32.2. The van der Waals surface area contributed by atoms with E-state index in [0.717, 1.165) is 0 Å². The van der Waals surface area contributed by atoms with E-state index in [1.807, 2.05) is 6.92 Å². The summed E-state index contributed by atoms with van der Waals surface area (Å²) in [5.41, 5.74) is 0. The van der Waals surface area contributed by atoms with Crippen LogP contribution in [-0.4, -0.2) is 41.4 Å². The van der Waals surface area contributed by atoms with Crippen molar-refractivity contribution in [2.24, 2.45) is 0 Å². The first-order chi connectivity index (χ1) is 8.99. The minimum absolute atomic E-state index is 0.104. The zero-order valence-electron chi connectivity index (χ0n) is 11.5. The molecule has 0 aromatic heterocycles. The molecule has 5 nitrogen and oxygen atoms in total. The Balaban J connectivity index is 4.20. The van der Waals surface area contributed by atoms with Crippen molar-refractivity contribution in [2.45, 2.75) is 38.9 Å². The Morgan fingerprint density at radius 1 is 1.16 bits per heavy atom. The van der Waals surface area contributed by atoms with E-state index in [4.69, 9.17) is 26.4 Å². The van der Waals surface area contributed by atoms with Crippen LogP contribution in [0.2, 0.25) is 0 Å². The van der Waals surface area contributed by atoms with Crippen molar-refractivity contribution in [3.8, 4) is 0 Å². The van der Waals surface area contributed by atoms with Gasteiger partial charge in [0.25, 0.3) is 0 Å². The van der Waals surface area contributed by atoms with Crippen LogP contribution in [0.5, 0.6) is 0 Å². The summed E-state index contributed by atoms with van der Waals surface area (Å²) in [6.45, 7) is 5.99. The lowest BCUT2D eigenvalue weighted by atomic mass is 10.2. The minimum Gasteiger partial charge on any atom is -0.479 e. The first-order valence-corrected chi connectivity index (χ1v) is 7.40. The van der Waals surface area contributed by atoms with Gasteiger partial charge in [0.1, 0.15) is 6.61 Å². The van der Waals surface area contributed by atoms with Crippen LogP contribution >= 0.6 is 24.0 Å². The van der Waals surface area contributed by atoms with Gasteiger partial charge in [-0.25, -0.2) is 0 Å². The molecule has 0 aromatic carbocycles. The second kappa shape index (κ2) is 11.0. The summed E-state index contributed by atoms with van der Waals surface area (Å²) in [4.78, 5) is 22.1. The summed E-state index contributed by atoms with van der Waals surface area (Å²) in [6, 6.07) is 0. The Bertz CT molecular complexity index is 306. The summed E-state index contributed by atoms with van der Waals surface area (Å²) < 4.78 is 15.4. The van der Waals surface area contributed by atoms with Crippen molar-refractivity contribution in [1.82, 2.24) is 0 Å². The maximum absolute atomic E-state index is 11.3. The smallest absolute Gasteiger partial charge is 0.305 e. The van der Waals surface area contributed by atoms with Gasteiger partial charge in [-0.05, 0) is 32.5 Å². The number of carbonyl (C=O) groups excluding carboxylic acids is 2. The van der Waals surface area contributed by atoms with E-state index in [1.165, 1.54) is 18.7 Å². The van der Waals surface area contributed by atoms with Gasteiger partial charge in [-0.15, -0.1) is 0 Å². The molecule has 0 saturated heterocycles. The van der Waals surface area contributed by atoms with Crippen LogP contribution < -0.4 is 0 Å². The Morgan fingerprint density at radius 3 is 2.32 bits per heavy atom. The highest BCUT2D eigenvalue weighted by Gasteiger charge is 2.17. The molecule has 1 unspecified atom stereocenters. The maximum Gasteiger partial charge on any atom is 0.305 e. The predicted molar refractivity (Wildman–Crippen MR) is 78.1 cm³/mol. The molecule has 7 heteroatoms. The van der Waals surface area contributed by atoms with Gasteiger partial charge in [-0.1, -0.05) is 11.8 Å². The first kappa shape index (κ1) is 18.2. The Labute approximate surface area is 123 Å². The fourth-order valence-electron chi connectivity index (χ4n) is 1.19. The number of ether oxygens (including phenoxy) is 3. The molecule has 0 aromatic rings. The van der Waals surface area contributed by atoms with Gasteiger partial charge >= 0.3 is 11.9 Å². The van der Waals surface area contributed by atoms with Gasteiger partial charge in [0, 0.05) is 18.6 Å². The summed E-state index contributed by atoms with van der Waals surface area (Å²) in [7, 11) is 0. The van der Waals surface area contributed by atoms with Crippen LogP contribution in [-0.2, 0) is 23.8 Å². The molecule has 0 fully saturated rings. The van der Waals surface area contributed by atoms with E-state index in [2.05, 4.69) is 0 Å². The number of carbonyl (C=O) groups is 2. The molecular formula is C12H20O5S2. The molecule has 0 spiro atoms. The van der Waals surface area contributed by atoms with Crippen molar-refractivity contribution < 1.29 is 23.8 Å².